The fourth-order valence-electron chi connectivity index (χ4n) is 1.68. The van der Waals surface area contributed by atoms with Gasteiger partial charge in [0.25, 0.3) is 0 Å². The third-order valence-electron chi connectivity index (χ3n) is 2.76. The molecule has 1 aromatic heterocycles. The quantitative estimate of drug-likeness (QED) is 0.607. The van der Waals surface area contributed by atoms with Crippen LogP contribution in [0.25, 0.3) is 0 Å². The molecule has 1 aromatic carbocycles. The highest BCUT2D eigenvalue weighted by Gasteiger charge is 2.08. The van der Waals surface area contributed by atoms with Gasteiger partial charge < -0.3 is 4.74 Å². The van der Waals surface area contributed by atoms with Crippen molar-refractivity contribution in [3.8, 4) is 5.75 Å². The number of hydrogen-bond donors (Lipinski definition) is 0. The third kappa shape index (κ3) is 4.48. The molecular weight excluding hydrogens is 282 g/mol. The molecule has 7 heteroatoms. The summed E-state index contributed by atoms with van der Waals surface area (Å²) in [5, 5.41) is 10.3. The predicted octanol–water partition coefficient (Wildman–Crippen LogP) is 2.76. The van der Waals surface area contributed by atoms with Crippen LogP contribution in [-0.4, -0.2) is 16.5 Å². The lowest BCUT2D eigenvalue weighted by Gasteiger charge is -2.07. The summed E-state index contributed by atoms with van der Waals surface area (Å²) in [5.41, 5.74) is 0.771. The van der Waals surface area contributed by atoms with E-state index in [0.29, 0.717) is 5.69 Å². The van der Waals surface area contributed by atoms with Crippen molar-refractivity contribution in [1.29, 1.82) is 0 Å². The van der Waals surface area contributed by atoms with Crippen LogP contribution in [0.1, 0.15) is 11.3 Å². The molecule has 0 atom stereocenters. The summed E-state index contributed by atoms with van der Waals surface area (Å²) in [7, 11) is 0. The number of nitrogens with zero attached hydrogens (tertiary/aromatic N) is 2. The first-order chi connectivity index (χ1) is 10.0. The highest BCUT2D eigenvalue weighted by atomic mass is 19.1. The van der Waals surface area contributed by atoms with E-state index in [-0.39, 0.29) is 30.9 Å². The standard InChI is InChI=1S/C14H12F2N2O3/c15-11-2-3-12(17-8-11)9-21-13-4-1-10(14(16)7-13)5-6-18(19)20/h1-4,7-8H,5-6,9H2. The zero-order valence-electron chi connectivity index (χ0n) is 11.0. The molecule has 110 valence electrons. The molecule has 2 rings (SSSR count). The van der Waals surface area contributed by atoms with Crippen molar-refractivity contribution in [2.75, 3.05) is 6.54 Å². The molecule has 0 amide bonds. The van der Waals surface area contributed by atoms with Crippen molar-refractivity contribution in [2.45, 2.75) is 13.0 Å². The molecule has 0 unspecified atom stereocenters. The highest BCUT2D eigenvalue weighted by molar-refractivity contribution is 5.29. The van der Waals surface area contributed by atoms with Crippen molar-refractivity contribution in [3.05, 3.63) is 69.5 Å². The van der Waals surface area contributed by atoms with Crippen molar-refractivity contribution < 1.29 is 18.4 Å². The van der Waals surface area contributed by atoms with Crippen LogP contribution >= 0.6 is 0 Å². The summed E-state index contributed by atoms with van der Waals surface area (Å²) < 4.78 is 31.7. The lowest BCUT2D eigenvalue weighted by Crippen LogP contribution is -2.05. The Bertz CT molecular complexity index is 633. The van der Waals surface area contributed by atoms with Crippen LogP contribution in [0.5, 0.6) is 5.75 Å². The van der Waals surface area contributed by atoms with Crippen LogP contribution in [0.4, 0.5) is 8.78 Å². The van der Waals surface area contributed by atoms with Gasteiger partial charge in [0.15, 0.2) is 0 Å². The van der Waals surface area contributed by atoms with Gasteiger partial charge in [0.1, 0.15) is 24.0 Å². The summed E-state index contributed by atoms with van der Waals surface area (Å²) in [5.74, 6) is -0.718. The molecule has 0 saturated heterocycles. The van der Waals surface area contributed by atoms with Crippen LogP contribution in [0, 0.1) is 21.7 Å². The molecule has 0 fully saturated rings. The fourth-order valence-corrected chi connectivity index (χ4v) is 1.68. The molecule has 5 nitrogen and oxygen atoms in total. The van der Waals surface area contributed by atoms with Gasteiger partial charge in [-0.05, 0) is 23.8 Å². The van der Waals surface area contributed by atoms with E-state index in [4.69, 9.17) is 4.74 Å². The van der Waals surface area contributed by atoms with Crippen molar-refractivity contribution >= 4 is 0 Å². The van der Waals surface area contributed by atoms with Gasteiger partial charge in [-0.25, -0.2) is 8.78 Å². The van der Waals surface area contributed by atoms with Gasteiger partial charge in [-0.1, -0.05) is 6.07 Å². The second-order valence-electron chi connectivity index (χ2n) is 4.32. The molecule has 0 N–H and O–H groups in total. The first kappa shape index (κ1) is 14.8. The Morgan fingerprint density at radius 3 is 2.67 bits per heavy atom. The van der Waals surface area contributed by atoms with Crippen LogP contribution < -0.4 is 4.74 Å². The minimum atomic E-state index is -0.554. The Hall–Kier alpha value is -2.57. The topological polar surface area (TPSA) is 65.3 Å². The van der Waals surface area contributed by atoms with E-state index in [0.717, 1.165) is 6.20 Å². The Balaban J connectivity index is 1.96. The molecule has 0 spiro atoms. The van der Waals surface area contributed by atoms with Gasteiger partial charge in [-0.2, -0.15) is 0 Å². The summed E-state index contributed by atoms with van der Waals surface area (Å²) in [6.45, 7) is -0.245. The number of halogens is 2. The lowest BCUT2D eigenvalue weighted by atomic mass is 10.1. The van der Waals surface area contributed by atoms with E-state index < -0.39 is 16.6 Å². The van der Waals surface area contributed by atoms with Crippen molar-refractivity contribution in [3.63, 3.8) is 0 Å². The fraction of sp³-hybridized carbons (Fsp3) is 0.214. The van der Waals surface area contributed by atoms with Gasteiger partial charge in [0.2, 0.25) is 6.54 Å². The summed E-state index contributed by atoms with van der Waals surface area (Å²) in [4.78, 5) is 13.6. The van der Waals surface area contributed by atoms with E-state index in [1.807, 2.05) is 0 Å². The maximum absolute atomic E-state index is 13.7. The van der Waals surface area contributed by atoms with E-state index in [1.165, 1.54) is 30.3 Å². The van der Waals surface area contributed by atoms with E-state index in [2.05, 4.69) is 4.98 Å². The first-order valence-corrected chi connectivity index (χ1v) is 6.18. The smallest absolute Gasteiger partial charge is 0.208 e. The zero-order chi connectivity index (χ0) is 15.2. The lowest BCUT2D eigenvalue weighted by molar-refractivity contribution is -0.479. The second kappa shape index (κ2) is 6.74. The molecule has 0 saturated carbocycles. The van der Waals surface area contributed by atoms with Gasteiger partial charge in [-0.15, -0.1) is 0 Å². The normalized spacial score (nSPS) is 10.4. The molecule has 0 aliphatic heterocycles. The van der Waals surface area contributed by atoms with Crippen molar-refractivity contribution in [2.24, 2.45) is 0 Å². The summed E-state index contributed by atoms with van der Waals surface area (Å²) >= 11 is 0. The third-order valence-corrected chi connectivity index (χ3v) is 2.76. The van der Waals surface area contributed by atoms with Crippen molar-refractivity contribution in [1.82, 2.24) is 4.98 Å². The number of ether oxygens (including phenoxy) is 1. The van der Waals surface area contributed by atoms with E-state index in [1.54, 1.807) is 0 Å². The average Bonchev–Trinajstić information content (AvgIpc) is 2.45. The SMILES string of the molecule is O=[N+]([O-])CCc1ccc(OCc2ccc(F)cn2)cc1F. The monoisotopic (exact) mass is 294 g/mol. The van der Waals surface area contributed by atoms with Gasteiger partial charge >= 0.3 is 0 Å². The molecular formula is C14H12F2N2O3. The predicted molar refractivity (Wildman–Crippen MR) is 70.5 cm³/mol. The Kier molecular flexibility index (Phi) is 4.76. The van der Waals surface area contributed by atoms with Crippen LogP contribution in [0.2, 0.25) is 0 Å². The number of benzene rings is 1. The van der Waals surface area contributed by atoms with Crippen LogP contribution in [-0.2, 0) is 13.0 Å². The van der Waals surface area contributed by atoms with Gasteiger partial charge in [0.05, 0.1) is 11.9 Å². The maximum atomic E-state index is 13.7. The Labute approximate surface area is 119 Å². The largest absolute Gasteiger partial charge is 0.487 e. The zero-order valence-corrected chi connectivity index (χ0v) is 11.0. The molecule has 0 radical (unpaired) electrons. The number of aromatic nitrogens is 1. The van der Waals surface area contributed by atoms with E-state index >= 15 is 0 Å². The molecule has 0 aliphatic rings. The maximum Gasteiger partial charge on any atom is 0.208 e. The summed E-state index contributed by atoms with van der Waals surface area (Å²) in [6.07, 6.45) is 1.10. The Morgan fingerprint density at radius 2 is 2.05 bits per heavy atom. The van der Waals surface area contributed by atoms with Gasteiger partial charge in [0, 0.05) is 17.4 Å². The molecule has 0 bridgehead atoms. The number of pyridine rings is 1. The minimum Gasteiger partial charge on any atom is -0.487 e. The Morgan fingerprint density at radius 1 is 1.24 bits per heavy atom. The number of rotatable bonds is 6. The van der Waals surface area contributed by atoms with Crippen LogP contribution in [0.15, 0.2) is 36.5 Å². The molecule has 21 heavy (non-hydrogen) atoms. The second-order valence-corrected chi connectivity index (χ2v) is 4.32. The minimum absolute atomic E-state index is 0.0264. The molecule has 1 heterocycles. The summed E-state index contributed by atoms with van der Waals surface area (Å²) in [6, 6.07) is 6.87. The highest BCUT2D eigenvalue weighted by Crippen LogP contribution is 2.18. The first-order valence-electron chi connectivity index (χ1n) is 6.18. The number of hydrogen-bond acceptors (Lipinski definition) is 4. The molecule has 0 aliphatic carbocycles. The average molecular weight is 294 g/mol. The van der Waals surface area contributed by atoms with Gasteiger partial charge in [-0.3, -0.25) is 15.1 Å². The number of nitro groups is 1. The van der Waals surface area contributed by atoms with E-state index in [9.17, 15) is 18.9 Å². The molecule has 2 aromatic rings. The van der Waals surface area contributed by atoms with Crippen LogP contribution in [0.3, 0.4) is 0 Å².